The maximum Gasteiger partial charge on any atom is 0.0476 e. The number of fused-ring (bicyclic) bond motifs is 1. The van der Waals surface area contributed by atoms with Crippen LogP contribution in [0, 0.1) is 5.92 Å². The van der Waals surface area contributed by atoms with Gasteiger partial charge in [-0.1, -0.05) is 30.7 Å². The largest absolute Gasteiger partial charge is 0.379 e. The van der Waals surface area contributed by atoms with Gasteiger partial charge < -0.3 is 5.32 Å². The summed E-state index contributed by atoms with van der Waals surface area (Å²) in [4.78, 5) is 0. The molecule has 2 atom stereocenters. The fraction of sp³-hybridized carbons (Fsp3) is 0.500. The molecule has 1 saturated carbocycles. The van der Waals surface area contributed by atoms with Crippen molar-refractivity contribution in [2.45, 2.75) is 44.6 Å². The van der Waals surface area contributed by atoms with Crippen LogP contribution in [0.2, 0.25) is 0 Å². The number of hydrogen-bond acceptors (Lipinski definition) is 1. The van der Waals surface area contributed by atoms with E-state index in [0.29, 0.717) is 6.04 Å². The lowest BCUT2D eigenvalue weighted by atomic mass is 9.75. The van der Waals surface area contributed by atoms with Crippen molar-refractivity contribution >= 4 is 5.69 Å². The number of nitrogens with one attached hydrogen (secondary N) is 1. The lowest BCUT2D eigenvalue weighted by Gasteiger charge is -2.36. The van der Waals surface area contributed by atoms with Gasteiger partial charge in [0.05, 0.1) is 0 Å². The van der Waals surface area contributed by atoms with Crippen molar-refractivity contribution in [3.63, 3.8) is 0 Å². The Morgan fingerprint density at radius 3 is 2.65 bits per heavy atom. The summed E-state index contributed by atoms with van der Waals surface area (Å²) >= 11 is 0. The van der Waals surface area contributed by atoms with Gasteiger partial charge in [0.25, 0.3) is 0 Å². The molecule has 1 N–H and O–H groups in total. The van der Waals surface area contributed by atoms with Gasteiger partial charge in [0.15, 0.2) is 0 Å². The Bertz CT molecular complexity index is 393. The zero-order valence-corrected chi connectivity index (χ0v) is 10.4. The molecule has 1 fully saturated rings. The van der Waals surface area contributed by atoms with Gasteiger partial charge >= 0.3 is 0 Å². The second-order valence-electron chi connectivity index (χ2n) is 5.33. The topological polar surface area (TPSA) is 12.0 Å². The minimum Gasteiger partial charge on any atom is -0.379 e. The van der Waals surface area contributed by atoms with Crippen LogP contribution in [-0.2, 0) is 0 Å². The quantitative estimate of drug-likeness (QED) is 0.739. The molecule has 1 aromatic carbocycles. The Hall–Kier alpha value is -1.24. The van der Waals surface area contributed by atoms with E-state index < -0.39 is 0 Å². The molecule has 1 nitrogen and oxygen atoms in total. The Labute approximate surface area is 104 Å². The van der Waals surface area contributed by atoms with Gasteiger partial charge in [-0.15, -0.1) is 0 Å². The maximum absolute atomic E-state index is 3.71. The first-order valence-corrected chi connectivity index (χ1v) is 6.95. The smallest absolute Gasteiger partial charge is 0.0476 e. The maximum atomic E-state index is 3.71. The molecule has 0 bridgehead atoms. The number of para-hydroxylation sites is 1. The molecular weight excluding hydrogens is 206 g/mol. The molecule has 1 aromatic rings. The molecule has 0 heterocycles. The third kappa shape index (κ3) is 2.38. The van der Waals surface area contributed by atoms with Crippen LogP contribution in [0.1, 0.15) is 38.5 Å². The van der Waals surface area contributed by atoms with Gasteiger partial charge in [-0.2, -0.15) is 0 Å². The highest BCUT2D eigenvalue weighted by Crippen LogP contribution is 2.37. The second-order valence-corrected chi connectivity index (χ2v) is 5.33. The lowest BCUT2D eigenvalue weighted by molar-refractivity contribution is 0.385. The molecule has 2 unspecified atom stereocenters. The highest BCUT2D eigenvalue weighted by atomic mass is 14.9. The van der Waals surface area contributed by atoms with Crippen molar-refractivity contribution in [3.05, 3.63) is 42.0 Å². The minimum absolute atomic E-state index is 0.594. The standard InChI is InChI=1S/C16H21N/c1-2-9-14(10-3-1)17-16-12-6-8-13-7-4-5-11-15(13)16/h1-3,9-11,13,16-17H,4-8,12H2. The molecule has 0 saturated heterocycles. The predicted octanol–water partition coefficient (Wildman–Crippen LogP) is 4.38. The molecule has 0 aromatic heterocycles. The number of hydrogen-bond donors (Lipinski definition) is 1. The van der Waals surface area contributed by atoms with Crippen molar-refractivity contribution in [2.75, 3.05) is 5.32 Å². The lowest BCUT2D eigenvalue weighted by Crippen LogP contribution is -2.31. The van der Waals surface area contributed by atoms with Gasteiger partial charge in [-0.3, -0.25) is 0 Å². The third-order valence-electron chi connectivity index (χ3n) is 4.17. The van der Waals surface area contributed by atoms with Crippen molar-refractivity contribution in [1.82, 2.24) is 0 Å². The summed E-state index contributed by atoms with van der Waals surface area (Å²) in [6.45, 7) is 0. The van der Waals surface area contributed by atoms with Crippen molar-refractivity contribution in [2.24, 2.45) is 5.92 Å². The number of rotatable bonds is 2. The van der Waals surface area contributed by atoms with E-state index in [9.17, 15) is 0 Å². The van der Waals surface area contributed by atoms with Crippen molar-refractivity contribution in [3.8, 4) is 0 Å². The fourth-order valence-corrected chi connectivity index (χ4v) is 3.33. The molecule has 0 aliphatic heterocycles. The first-order chi connectivity index (χ1) is 8.43. The van der Waals surface area contributed by atoms with E-state index in [-0.39, 0.29) is 0 Å². The monoisotopic (exact) mass is 227 g/mol. The van der Waals surface area contributed by atoms with Crippen LogP contribution >= 0.6 is 0 Å². The number of allylic oxidation sites excluding steroid dienone is 1. The summed E-state index contributed by atoms with van der Waals surface area (Å²) in [7, 11) is 0. The summed E-state index contributed by atoms with van der Waals surface area (Å²) in [5.74, 6) is 0.874. The van der Waals surface area contributed by atoms with E-state index in [2.05, 4.69) is 41.7 Å². The van der Waals surface area contributed by atoms with Gasteiger partial charge in [-0.05, 0) is 55.7 Å². The predicted molar refractivity (Wildman–Crippen MR) is 73.1 cm³/mol. The SMILES string of the molecule is C1=C2C(CCC1)CCCC2Nc1ccccc1. The van der Waals surface area contributed by atoms with E-state index in [1.54, 1.807) is 5.57 Å². The summed E-state index contributed by atoms with van der Waals surface area (Å²) in [6, 6.07) is 11.2. The molecule has 0 radical (unpaired) electrons. The summed E-state index contributed by atoms with van der Waals surface area (Å²) in [6.07, 6.45) is 10.7. The van der Waals surface area contributed by atoms with Crippen molar-refractivity contribution in [1.29, 1.82) is 0 Å². The first kappa shape index (κ1) is 10.9. The summed E-state index contributed by atoms with van der Waals surface area (Å²) in [5.41, 5.74) is 2.97. The van der Waals surface area contributed by atoms with Crippen LogP contribution in [0.25, 0.3) is 0 Å². The van der Waals surface area contributed by atoms with Crippen LogP contribution in [0.3, 0.4) is 0 Å². The molecular formula is C16H21N. The number of benzene rings is 1. The fourth-order valence-electron chi connectivity index (χ4n) is 3.33. The molecule has 3 rings (SSSR count). The van der Waals surface area contributed by atoms with Gasteiger partial charge in [-0.25, -0.2) is 0 Å². The second kappa shape index (κ2) is 4.95. The zero-order valence-electron chi connectivity index (χ0n) is 10.4. The highest BCUT2D eigenvalue weighted by Gasteiger charge is 2.28. The molecule has 0 spiro atoms. The molecule has 90 valence electrons. The van der Waals surface area contributed by atoms with Crippen LogP contribution < -0.4 is 5.32 Å². The molecule has 1 heteroatoms. The van der Waals surface area contributed by atoms with Gasteiger partial charge in [0.2, 0.25) is 0 Å². The van der Waals surface area contributed by atoms with Crippen LogP contribution in [0.15, 0.2) is 42.0 Å². The van der Waals surface area contributed by atoms with Crippen LogP contribution in [0.4, 0.5) is 5.69 Å². The average molecular weight is 227 g/mol. The average Bonchev–Trinajstić information content (AvgIpc) is 2.40. The van der Waals surface area contributed by atoms with Gasteiger partial charge in [0.1, 0.15) is 0 Å². The Morgan fingerprint density at radius 2 is 1.76 bits per heavy atom. The normalized spacial score (nSPS) is 28.1. The first-order valence-electron chi connectivity index (χ1n) is 6.95. The number of anilines is 1. The minimum atomic E-state index is 0.594. The van der Waals surface area contributed by atoms with E-state index >= 15 is 0 Å². The molecule has 0 amide bonds. The summed E-state index contributed by atoms with van der Waals surface area (Å²) in [5, 5.41) is 3.71. The Morgan fingerprint density at radius 1 is 0.941 bits per heavy atom. The van der Waals surface area contributed by atoms with E-state index in [1.807, 2.05) is 0 Å². The Balaban J connectivity index is 1.76. The van der Waals surface area contributed by atoms with E-state index in [1.165, 1.54) is 44.2 Å². The van der Waals surface area contributed by atoms with Crippen LogP contribution in [0.5, 0.6) is 0 Å². The molecule has 17 heavy (non-hydrogen) atoms. The summed E-state index contributed by atoms with van der Waals surface area (Å²) < 4.78 is 0. The van der Waals surface area contributed by atoms with Crippen LogP contribution in [-0.4, -0.2) is 6.04 Å². The Kier molecular flexibility index (Phi) is 3.17. The van der Waals surface area contributed by atoms with E-state index in [0.717, 1.165) is 5.92 Å². The molecule has 2 aliphatic carbocycles. The third-order valence-corrected chi connectivity index (χ3v) is 4.17. The van der Waals surface area contributed by atoms with E-state index in [4.69, 9.17) is 0 Å². The zero-order chi connectivity index (χ0) is 11.5. The van der Waals surface area contributed by atoms with Crippen molar-refractivity contribution < 1.29 is 0 Å². The van der Waals surface area contributed by atoms with Gasteiger partial charge in [0, 0.05) is 11.7 Å². The highest BCUT2D eigenvalue weighted by molar-refractivity contribution is 5.46. The molecule has 2 aliphatic rings.